The number of nitrogens with zero attached hydrogens (tertiary/aromatic N) is 3. The largest absolute Gasteiger partial charge is 0.486 e. The molecule has 146 valence electrons. The minimum atomic E-state index is -0.0772. The first-order valence-electron chi connectivity index (χ1n) is 8.99. The maximum absolute atomic E-state index is 12.2. The summed E-state index contributed by atoms with van der Waals surface area (Å²) < 4.78 is 7.71. The second kappa shape index (κ2) is 8.93. The summed E-state index contributed by atoms with van der Waals surface area (Å²) in [5.74, 6) is 1.71. The average Bonchev–Trinajstić information content (AvgIpc) is 2.97. The van der Waals surface area contributed by atoms with E-state index in [1.807, 2.05) is 68.8 Å². The molecule has 1 N–H and O–H groups in total. The Balaban J connectivity index is 1.54. The molecule has 0 bridgehead atoms. The van der Waals surface area contributed by atoms with Crippen molar-refractivity contribution in [2.75, 3.05) is 11.1 Å². The van der Waals surface area contributed by atoms with Crippen LogP contribution >= 0.6 is 11.8 Å². The number of benzene rings is 2. The second-order valence-electron chi connectivity index (χ2n) is 6.78. The van der Waals surface area contributed by atoms with E-state index in [0.29, 0.717) is 17.6 Å². The SMILES string of the molecule is Cc1cccc(NC(=O)CSc2nnc(COc3cc(C)cc(C)c3)n2C)c1. The van der Waals surface area contributed by atoms with Gasteiger partial charge < -0.3 is 14.6 Å². The average molecular weight is 397 g/mol. The molecule has 7 heteroatoms. The van der Waals surface area contributed by atoms with Crippen LogP contribution in [0, 0.1) is 20.8 Å². The molecule has 0 aliphatic rings. The zero-order valence-electron chi connectivity index (χ0n) is 16.5. The van der Waals surface area contributed by atoms with Gasteiger partial charge in [0.15, 0.2) is 11.0 Å². The van der Waals surface area contributed by atoms with Crippen LogP contribution in [-0.2, 0) is 18.4 Å². The summed E-state index contributed by atoms with van der Waals surface area (Å²) in [6, 6.07) is 13.8. The van der Waals surface area contributed by atoms with Crippen molar-refractivity contribution in [3.63, 3.8) is 0 Å². The van der Waals surface area contributed by atoms with Crippen molar-refractivity contribution in [3.8, 4) is 5.75 Å². The minimum absolute atomic E-state index is 0.0772. The van der Waals surface area contributed by atoms with Gasteiger partial charge in [-0.15, -0.1) is 10.2 Å². The third-order valence-electron chi connectivity index (χ3n) is 4.12. The molecule has 1 amide bonds. The van der Waals surface area contributed by atoms with Gasteiger partial charge in [-0.3, -0.25) is 4.79 Å². The highest BCUT2D eigenvalue weighted by Crippen LogP contribution is 2.20. The molecule has 0 aliphatic carbocycles. The van der Waals surface area contributed by atoms with Crippen molar-refractivity contribution in [2.45, 2.75) is 32.5 Å². The number of anilines is 1. The van der Waals surface area contributed by atoms with Gasteiger partial charge in [0.05, 0.1) is 5.75 Å². The highest BCUT2D eigenvalue weighted by molar-refractivity contribution is 7.99. The summed E-state index contributed by atoms with van der Waals surface area (Å²) in [7, 11) is 1.88. The molecule has 0 spiro atoms. The number of thioether (sulfide) groups is 1. The fourth-order valence-electron chi connectivity index (χ4n) is 2.81. The number of carbonyl (C=O) groups is 1. The van der Waals surface area contributed by atoms with E-state index in [1.54, 1.807) is 0 Å². The van der Waals surface area contributed by atoms with E-state index in [2.05, 4.69) is 21.6 Å². The summed E-state index contributed by atoms with van der Waals surface area (Å²) in [5, 5.41) is 11.9. The van der Waals surface area contributed by atoms with E-state index in [-0.39, 0.29) is 11.7 Å². The van der Waals surface area contributed by atoms with Crippen molar-refractivity contribution in [1.82, 2.24) is 14.8 Å². The third kappa shape index (κ3) is 5.36. The van der Waals surface area contributed by atoms with Gasteiger partial charge in [-0.05, 0) is 61.7 Å². The van der Waals surface area contributed by atoms with Crippen LogP contribution in [0.25, 0.3) is 0 Å². The zero-order chi connectivity index (χ0) is 20.1. The smallest absolute Gasteiger partial charge is 0.234 e. The highest BCUT2D eigenvalue weighted by Gasteiger charge is 2.12. The first-order chi connectivity index (χ1) is 13.4. The van der Waals surface area contributed by atoms with Crippen LogP contribution in [0.2, 0.25) is 0 Å². The lowest BCUT2D eigenvalue weighted by Crippen LogP contribution is -2.14. The maximum Gasteiger partial charge on any atom is 0.234 e. The van der Waals surface area contributed by atoms with Crippen molar-refractivity contribution in [3.05, 3.63) is 65.0 Å². The third-order valence-corrected chi connectivity index (χ3v) is 5.14. The van der Waals surface area contributed by atoms with Gasteiger partial charge in [0.25, 0.3) is 0 Å². The lowest BCUT2D eigenvalue weighted by Gasteiger charge is -2.08. The number of carbonyl (C=O) groups excluding carboxylic acids is 1. The normalized spacial score (nSPS) is 10.7. The molecule has 2 aromatic carbocycles. The van der Waals surface area contributed by atoms with Crippen LogP contribution in [-0.4, -0.2) is 26.4 Å². The zero-order valence-corrected chi connectivity index (χ0v) is 17.3. The number of aromatic nitrogens is 3. The maximum atomic E-state index is 12.2. The Labute approximate surface area is 169 Å². The molecule has 6 nitrogen and oxygen atoms in total. The monoisotopic (exact) mass is 396 g/mol. The number of hydrogen-bond acceptors (Lipinski definition) is 5. The molecule has 0 aliphatic heterocycles. The number of ether oxygens (including phenoxy) is 1. The molecule has 0 saturated carbocycles. The predicted octanol–water partition coefficient (Wildman–Crippen LogP) is 4.05. The summed E-state index contributed by atoms with van der Waals surface area (Å²) >= 11 is 1.35. The van der Waals surface area contributed by atoms with Crippen LogP contribution in [0.1, 0.15) is 22.5 Å². The summed E-state index contributed by atoms with van der Waals surface area (Å²) in [4.78, 5) is 12.2. The summed E-state index contributed by atoms with van der Waals surface area (Å²) in [6.07, 6.45) is 0. The van der Waals surface area contributed by atoms with E-state index < -0.39 is 0 Å². The van der Waals surface area contributed by atoms with Crippen LogP contribution in [0.3, 0.4) is 0 Å². The molecule has 0 fully saturated rings. The standard InChI is InChI=1S/C21H24N4O2S/c1-14-6-5-7-17(9-14)22-20(26)13-28-21-24-23-19(25(21)4)12-27-18-10-15(2)8-16(3)11-18/h5-11H,12-13H2,1-4H3,(H,22,26). The fourth-order valence-corrected chi connectivity index (χ4v) is 3.54. The molecule has 0 radical (unpaired) electrons. The topological polar surface area (TPSA) is 69.0 Å². The highest BCUT2D eigenvalue weighted by atomic mass is 32.2. The Morgan fingerprint density at radius 1 is 1.07 bits per heavy atom. The number of hydrogen-bond donors (Lipinski definition) is 1. The lowest BCUT2D eigenvalue weighted by molar-refractivity contribution is -0.113. The van der Waals surface area contributed by atoms with E-state index in [1.165, 1.54) is 11.8 Å². The molecule has 28 heavy (non-hydrogen) atoms. The van der Waals surface area contributed by atoms with Gasteiger partial charge in [0.1, 0.15) is 12.4 Å². The summed E-state index contributed by atoms with van der Waals surface area (Å²) in [6.45, 7) is 6.39. The Kier molecular flexibility index (Phi) is 6.36. The van der Waals surface area contributed by atoms with Gasteiger partial charge in [0.2, 0.25) is 5.91 Å². The Morgan fingerprint density at radius 2 is 1.82 bits per heavy atom. The molecular formula is C21H24N4O2S. The molecule has 0 atom stereocenters. The molecule has 3 aromatic rings. The second-order valence-corrected chi connectivity index (χ2v) is 7.72. The lowest BCUT2D eigenvalue weighted by atomic mass is 10.1. The first-order valence-corrected chi connectivity index (χ1v) is 9.98. The predicted molar refractivity (Wildman–Crippen MR) is 112 cm³/mol. The molecule has 1 aromatic heterocycles. The quantitative estimate of drug-likeness (QED) is 0.610. The molecule has 3 rings (SSSR count). The van der Waals surface area contributed by atoms with Gasteiger partial charge in [-0.2, -0.15) is 0 Å². The molecule has 0 unspecified atom stereocenters. The fraction of sp³-hybridized carbons (Fsp3) is 0.286. The van der Waals surface area contributed by atoms with E-state index in [4.69, 9.17) is 4.74 Å². The molecular weight excluding hydrogens is 372 g/mol. The van der Waals surface area contributed by atoms with Crippen LogP contribution < -0.4 is 10.1 Å². The van der Waals surface area contributed by atoms with E-state index >= 15 is 0 Å². The van der Waals surface area contributed by atoms with Crippen molar-refractivity contribution < 1.29 is 9.53 Å². The molecule has 1 heterocycles. The summed E-state index contributed by atoms with van der Waals surface area (Å²) in [5.41, 5.74) is 4.21. The van der Waals surface area contributed by atoms with E-state index in [0.717, 1.165) is 28.1 Å². The Morgan fingerprint density at radius 3 is 2.54 bits per heavy atom. The number of nitrogens with one attached hydrogen (secondary N) is 1. The number of aryl methyl sites for hydroxylation is 3. The van der Waals surface area contributed by atoms with Gasteiger partial charge >= 0.3 is 0 Å². The Bertz CT molecular complexity index is 964. The van der Waals surface area contributed by atoms with Crippen molar-refractivity contribution in [2.24, 2.45) is 7.05 Å². The molecule has 0 saturated heterocycles. The van der Waals surface area contributed by atoms with Gasteiger partial charge in [0, 0.05) is 12.7 Å². The Hall–Kier alpha value is -2.80. The number of rotatable bonds is 7. The van der Waals surface area contributed by atoms with Crippen LogP contribution in [0.4, 0.5) is 5.69 Å². The van der Waals surface area contributed by atoms with E-state index in [9.17, 15) is 4.79 Å². The minimum Gasteiger partial charge on any atom is -0.486 e. The van der Waals surface area contributed by atoms with Crippen molar-refractivity contribution >= 4 is 23.4 Å². The van der Waals surface area contributed by atoms with Gasteiger partial charge in [-0.1, -0.05) is 30.0 Å². The first kappa shape index (κ1) is 19.9. The van der Waals surface area contributed by atoms with Gasteiger partial charge in [-0.25, -0.2) is 0 Å². The van der Waals surface area contributed by atoms with Crippen LogP contribution in [0.5, 0.6) is 5.75 Å². The van der Waals surface area contributed by atoms with Crippen molar-refractivity contribution in [1.29, 1.82) is 0 Å². The number of amides is 1. The van der Waals surface area contributed by atoms with Crippen LogP contribution in [0.15, 0.2) is 47.6 Å².